The van der Waals surface area contributed by atoms with E-state index in [4.69, 9.17) is 17.3 Å². The Bertz CT molecular complexity index is 498. The van der Waals surface area contributed by atoms with Gasteiger partial charge in [-0.05, 0) is 24.7 Å². The standard InChI is InChI=1S/C11H10ClFN2S/c12-9-5-7(1-2-10(9)13)11-15-8(3-4-14)6-16-11/h1-2,5-6H,3-4,14H2. The fourth-order valence-corrected chi connectivity index (χ4v) is 2.36. The number of halogens is 2. The predicted octanol–water partition coefficient (Wildman–Crippen LogP) is 3.10. The molecular formula is C11H10ClFN2S. The molecule has 0 saturated carbocycles. The molecule has 16 heavy (non-hydrogen) atoms. The van der Waals surface area contributed by atoms with Gasteiger partial charge in [0.2, 0.25) is 0 Å². The second-order valence-corrected chi connectivity index (χ2v) is 4.58. The third kappa shape index (κ3) is 2.40. The number of nitrogens with zero attached hydrogens (tertiary/aromatic N) is 1. The highest BCUT2D eigenvalue weighted by atomic mass is 35.5. The maximum Gasteiger partial charge on any atom is 0.141 e. The Morgan fingerprint density at radius 1 is 1.44 bits per heavy atom. The minimum Gasteiger partial charge on any atom is -0.330 e. The Kier molecular flexibility index (Phi) is 3.53. The van der Waals surface area contributed by atoms with Crippen molar-refractivity contribution in [3.63, 3.8) is 0 Å². The molecule has 0 saturated heterocycles. The fourth-order valence-electron chi connectivity index (χ4n) is 1.33. The second-order valence-electron chi connectivity index (χ2n) is 3.31. The predicted molar refractivity (Wildman–Crippen MR) is 65.3 cm³/mol. The summed E-state index contributed by atoms with van der Waals surface area (Å²) in [5.41, 5.74) is 7.24. The molecule has 84 valence electrons. The molecule has 0 amide bonds. The maximum atomic E-state index is 13.0. The molecule has 0 spiro atoms. The van der Waals surface area contributed by atoms with Crippen LogP contribution in [0.5, 0.6) is 0 Å². The van der Waals surface area contributed by atoms with E-state index in [9.17, 15) is 4.39 Å². The molecule has 0 aliphatic carbocycles. The van der Waals surface area contributed by atoms with Crippen LogP contribution in [0.4, 0.5) is 4.39 Å². The van der Waals surface area contributed by atoms with Crippen molar-refractivity contribution in [2.75, 3.05) is 6.54 Å². The minimum absolute atomic E-state index is 0.119. The Labute approximate surface area is 102 Å². The van der Waals surface area contributed by atoms with Crippen LogP contribution in [0.1, 0.15) is 5.69 Å². The van der Waals surface area contributed by atoms with Gasteiger partial charge in [-0.15, -0.1) is 11.3 Å². The smallest absolute Gasteiger partial charge is 0.141 e. The zero-order chi connectivity index (χ0) is 11.5. The third-order valence-corrected chi connectivity index (χ3v) is 3.35. The van der Waals surface area contributed by atoms with Crippen molar-refractivity contribution in [2.24, 2.45) is 5.73 Å². The third-order valence-electron chi connectivity index (χ3n) is 2.12. The van der Waals surface area contributed by atoms with Gasteiger partial charge in [-0.1, -0.05) is 11.6 Å². The molecule has 2 N–H and O–H groups in total. The average molecular weight is 257 g/mol. The first kappa shape index (κ1) is 11.5. The lowest BCUT2D eigenvalue weighted by atomic mass is 10.2. The lowest BCUT2D eigenvalue weighted by Gasteiger charge is -1.98. The van der Waals surface area contributed by atoms with Gasteiger partial charge in [-0.3, -0.25) is 0 Å². The Balaban J connectivity index is 2.31. The Morgan fingerprint density at radius 2 is 2.25 bits per heavy atom. The largest absolute Gasteiger partial charge is 0.330 e. The summed E-state index contributed by atoms with van der Waals surface area (Å²) in [6, 6.07) is 4.61. The van der Waals surface area contributed by atoms with E-state index in [0.717, 1.165) is 22.7 Å². The molecule has 0 bridgehead atoms. The van der Waals surface area contributed by atoms with Gasteiger partial charge >= 0.3 is 0 Å². The molecule has 0 fully saturated rings. The van der Waals surface area contributed by atoms with Crippen LogP contribution >= 0.6 is 22.9 Å². The summed E-state index contributed by atoms with van der Waals surface area (Å²) in [5.74, 6) is -0.413. The maximum absolute atomic E-state index is 13.0. The molecule has 2 rings (SSSR count). The van der Waals surface area contributed by atoms with E-state index in [1.165, 1.54) is 17.4 Å². The van der Waals surface area contributed by atoms with Gasteiger partial charge in [-0.2, -0.15) is 0 Å². The summed E-state index contributed by atoms with van der Waals surface area (Å²) in [5, 5.41) is 2.91. The van der Waals surface area contributed by atoms with Crippen molar-refractivity contribution in [1.29, 1.82) is 0 Å². The van der Waals surface area contributed by atoms with Gasteiger partial charge < -0.3 is 5.73 Å². The van der Waals surface area contributed by atoms with Gasteiger partial charge in [0.25, 0.3) is 0 Å². The molecule has 0 unspecified atom stereocenters. The van der Waals surface area contributed by atoms with E-state index in [2.05, 4.69) is 4.98 Å². The van der Waals surface area contributed by atoms with Crippen LogP contribution in [0.2, 0.25) is 5.02 Å². The summed E-state index contributed by atoms with van der Waals surface area (Å²) in [6.45, 7) is 0.577. The van der Waals surface area contributed by atoms with Crippen molar-refractivity contribution >= 4 is 22.9 Å². The zero-order valence-corrected chi connectivity index (χ0v) is 9.98. The second kappa shape index (κ2) is 4.91. The molecule has 1 aromatic carbocycles. The number of rotatable bonds is 3. The molecule has 0 atom stereocenters. The van der Waals surface area contributed by atoms with E-state index >= 15 is 0 Å². The van der Waals surface area contributed by atoms with Crippen LogP contribution in [0.25, 0.3) is 10.6 Å². The van der Waals surface area contributed by atoms with E-state index < -0.39 is 5.82 Å². The summed E-state index contributed by atoms with van der Waals surface area (Å²) >= 11 is 7.22. The number of hydrogen-bond donors (Lipinski definition) is 1. The molecule has 5 heteroatoms. The summed E-state index contributed by atoms with van der Waals surface area (Å²) < 4.78 is 13.0. The highest BCUT2D eigenvalue weighted by Crippen LogP contribution is 2.27. The molecule has 0 aliphatic heterocycles. The average Bonchev–Trinajstić information content (AvgIpc) is 2.71. The van der Waals surface area contributed by atoms with Crippen molar-refractivity contribution in [1.82, 2.24) is 4.98 Å². The van der Waals surface area contributed by atoms with E-state index in [-0.39, 0.29) is 5.02 Å². The van der Waals surface area contributed by atoms with Crippen LogP contribution in [-0.4, -0.2) is 11.5 Å². The van der Waals surface area contributed by atoms with Crippen LogP contribution in [0.3, 0.4) is 0 Å². The van der Waals surface area contributed by atoms with Crippen LogP contribution in [0, 0.1) is 5.82 Å². The zero-order valence-electron chi connectivity index (χ0n) is 8.41. The Hall–Kier alpha value is -0.970. The number of thiazole rings is 1. The normalized spacial score (nSPS) is 10.7. The summed E-state index contributed by atoms with van der Waals surface area (Å²) in [7, 11) is 0. The quantitative estimate of drug-likeness (QED) is 0.917. The molecular weight excluding hydrogens is 247 g/mol. The van der Waals surface area contributed by atoms with Gasteiger partial charge in [0.05, 0.1) is 10.7 Å². The van der Waals surface area contributed by atoms with Gasteiger partial charge in [0.15, 0.2) is 0 Å². The molecule has 2 nitrogen and oxygen atoms in total. The van der Waals surface area contributed by atoms with Crippen molar-refractivity contribution in [2.45, 2.75) is 6.42 Å². The number of hydrogen-bond acceptors (Lipinski definition) is 3. The monoisotopic (exact) mass is 256 g/mol. The number of aromatic nitrogens is 1. The number of nitrogens with two attached hydrogens (primary N) is 1. The van der Waals surface area contributed by atoms with E-state index in [1.807, 2.05) is 5.38 Å². The van der Waals surface area contributed by atoms with Crippen LogP contribution in [0.15, 0.2) is 23.6 Å². The lowest BCUT2D eigenvalue weighted by molar-refractivity contribution is 0.628. The summed E-state index contributed by atoms with van der Waals surface area (Å²) in [4.78, 5) is 4.40. The minimum atomic E-state index is -0.413. The van der Waals surface area contributed by atoms with Crippen molar-refractivity contribution < 1.29 is 4.39 Å². The summed E-state index contributed by atoms with van der Waals surface area (Å²) in [6.07, 6.45) is 0.755. The SMILES string of the molecule is NCCc1csc(-c2ccc(F)c(Cl)c2)n1. The first-order valence-electron chi connectivity index (χ1n) is 4.80. The molecule has 0 aliphatic rings. The number of benzene rings is 1. The van der Waals surface area contributed by atoms with Crippen molar-refractivity contribution in [3.05, 3.63) is 40.1 Å². The molecule has 1 aromatic heterocycles. The van der Waals surface area contributed by atoms with Gasteiger partial charge in [-0.25, -0.2) is 9.37 Å². The fraction of sp³-hybridized carbons (Fsp3) is 0.182. The van der Waals surface area contributed by atoms with E-state index in [1.54, 1.807) is 12.1 Å². The molecule has 0 radical (unpaired) electrons. The first-order valence-corrected chi connectivity index (χ1v) is 6.06. The van der Waals surface area contributed by atoms with Crippen LogP contribution in [-0.2, 0) is 6.42 Å². The lowest BCUT2D eigenvalue weighted by Crippen LogP contribution is -2.02. The van der Waals surface area contributed by atoms with Crippen LogP contribution < -0.4 is 5.73 Å². The molecule has 1 heterocycles. The topological polar surface area (TPSA) is 38.9 Å². The highest BCUT2D eigenvalue weighted by Gasteiger charge is 2.07. The van der Waals surface area contributed by atoms with Gasteiger partial charge in [0.1, 0.15) is 10.8 Å². The van der Waals surface area contributed by atoms with Crippen molar-refractivity contribution in [3.8, 4) is 10.6 Å². The Morgan fingerprint density at radius 3 is 2.94 bits per heavy atom. The first-order chi connectivity index (χ1) is 7.70. The van der Waals surface area contributed by atoms with E-state index in [0.29, 0.717) is 6.54 Å². The van der Waals surface area contributed by atoms with Gasteiger partial charge in [0, 0.05) is 17.4 Å². The highest BCUT2D eigenvalue weighted by molar-refractivity contribution is 7.13. The molecule has 2 aromatic rings.